The second-order valence-electron chi connectivity index (χ2n) is 9.39. The summed E-state index contributed by atoms with van der Waals surface area (Å²) < 4.78 is 5.29. The van der Waals surface area contributed by atoms with Crippen LogP contribution in [0.3, 0.4) is 0 Å². The van der Waals surface area contributed by atoms with Crippen LogP contribution in [0.5, 0.6) is 0 Å². The van der Waals surface area contributed by atoms with Crippen LogP contribution in [-0.4, -0.2) is 77.8 Å². The standard InChI is InChI=1S/C28H26N4O4/c1-18(33)32-25-5-3-2-4-23(25)27(34)26(32)15-21-8-6-19-14-20(7-9-24(19)29-21)28(35)31-12-10-30(11-13-31)22-16-36-17-22/h2-9,14-15,22H,10-13,16-17H2,1H3/b26-15-. The maximum Gasteiger partial charge on any atom is 0.253 e. The highest BCUT2D eigenvalue weighted by atomic mass is 16.5. The van der Waals surface area contributed by atoms with Crippen molar-refractivity contribution in [1.82, 2.24) is 14.8 Å². The number of carbonyl (C=O) groups excluding carboxylic acids is 3. The van der Waals surface area contributed by atoms with Gasteiger partial charge >= 0.3 is 0 Å². The van der Waals surface area contributed by atoms with Crippen LogP contribution in [0.25, 0.3) is 17.0 Å². The summed E-state index contributed by atoms with van der Waals surface area (Å²) in [6.07, 6.45) is 1.65. The number of fused-ring (bicyclic) bond motifs is 2. The summed E-state index contributed by atoms with van der Waals surface area (Å²) in [7, 11) is 0. The first kappa shape index (κ1) is 22.6. The Morgan fingerprint density at radius 3 is 2.50 bits per heavy atom. The highest BCUT2D eigenvalue weighted by Crippen LogP contribution is 2.35. The average Bonchev–Trinajstić information content (AvgIpc) is 3.14. The van der Waals surface area contributed by atoms with Gasteiger partial charge in [0.05, 0.1) is 41.9 Å². The van der Waals surface area contributed by atoms with Gasteiger partial charge < -0.3 is 9.64 Å². The smallest absolute Gasteiger partial charge is 0.253 e. The van der Waals surface area contributed by atoms with E-state index in [4.69, 9.17) is 4.74 Å². The lowest BCUT2D eigenvalue weighted by Gasteiger charge is -2.42. The topological polar surface area (TPSA) is 83.1 Å². The number of nitrogens with zero attached hydrogens (tertiary/aromatic N) is 4. The molecule has 8 heteroatoms. The van der Waals surface area contributed by atoms with Gasteiger partial charge in [-0.2, -0.15) is 0 Å². The molecule has 2 amide bonds. The van der Waals surface area contributed by atoms with Crippen LogP contribution in [0.1, 0.15) is 33.3 Å². The Hall–Kier alpha value is -3.88. The van der Waals surface area contributed by atoms with Crippen molar-refractivity contribution < 1.29 is 19.1 Å². The number of anilines is 1. The number of rotatable bonds is 3. The van der Waals surface area contributed by atoms with Gasteiger partial charge in [0.2, 0.25) is 11.7 Å². The number of para-hydroxylation sites is 1. The molecule has 0 radical (unpaired) electrons. The van der Waals surface area contributed by atoms with E-state index in [2.05, 4.69) is 9.88 Å². The third-order valence-electron chi connectivity index (χ3n) is 7.16. The Labute approximate surface area is 208 Å². The molecule has 0 aliphatic carbocycles. The number of amides is 2. The molecule has 1 aromatic heterocycles. The fraction of sp³-hybridized carbons (Fsp3) is 0.286. The SMILES string of the molecule is CC(=O)N1/C(=C\c2ccc3cc(C(=O)N4CCN(C5COC5)CC4)ccc3n2)C(=O)c2ccccc21. The van der Waals surface area contributed by atoms with Crippen LogP contribution in [-0.2, 0) is 9.53 Å². The van der Waals surface area contributed by atoms with Crippen LogP contribution in [0, 0.1) is 0 Å². The minimum absolute atomic E-state index is 0.0269. The molecule has 2 aromatic carbocycles. The summed E-state index contributed by atoms with van der Waals surface area (Å²) in [4.78, 5) is 48.9. The van der Waals surface area contributed by atoms with E-state index in [0.29, 0.717) is 47.2 Å². The predicted molar refractivity (Wildman–Crippen MR) is 136 cm³/mol. The van der Waals surface area contributed by atoms with E-state index >= 15 is 0 Å². The lowest BCUT2D eigenvalue weighted by atomic mass is 10.1. The fourth-order valence-electron chi connectivity index (χ4n) is 5.10. The van der Waals surface area contributed by atoms with Crippen molar-refractivity contribution in [1.29, 1.82) is 0 Å². The molecule has 0 N–H and O–H groups in total. The van der Waals surface area contributed by atoms with E-state index in [0.717, 1.165) is 31.7 Å². The van der Waals surface area contributed by atoms with Crippen LogP contribution >= 0.6 is 0 Å². The third-order valence-corrected chi connectivity index (χ3v) is 7.16. The lowest BCUT2D eigenvalue weighted by molar-refractivity contribution is -0.116. The van der Waals surface area contributed by atoms with Crippen molar-refractivity contribution in [2.75, 3.05) is 44.3 Å². The summed E-state index contributed by atoms with van der Waals surface area (Å²) in [6.45, 7) is 6.18. The maximum absolute atomic E-state index is 13.1. The maximum atomic E-state index is 13.1. The molecule has 3 aliphatic rings. The van der Waals surface area contributed by atoms with Crippen molar-refractivity contribution in [2.24, 2.45) is 0 Å². The fourth-order valence-corrected chi connectivity index (χ4v) is 5.10. The van der Waals surface area contributed by atoms with Gasteiger partial charge in [-0.3, -0.25) is 24.2 Å². The summed E-state index contributed by atoms with van der Waals surface area (Å²) in [5.41, 5.74) is 3.31. The van der Waals surface area contributed by atoms with Crippen LogP contribution in [0.4, 0.5) is 5.69 Å². The first-order valence-electron chi connectivity index (χ1n) is 12.2. The molecule has 182 valence electrons. The summed E-state index contributed by atoms with van der Waals surface area (Å²) >= 11 is 0. The summed E-state index contributed by atoms with van der Waals surface area (Å²) in [6, 6.07) is 16.8. The van der Waals surface area contributed by atoms with Crippen molar-refractivity contribution >= 4 is 40.3 Å². The zero-order valence-corrected chi connectivity index (χ0v) is 20.0. The number of aromatic nitrogens is 1. The van der Waals surface area contributed by atoms with Gasteiger partial charge in [-0.05, 0) is 42.5 Å². The van der Waals surface area contributed by atoms with Crippen LogP contribution < -0.4 is 4.90 Å². The number of ketones is 1. The Kier molecular flexibility index (Phi) is 5.62. The number of ether oxygens (including phenoxy) is 1. The molecule has 0 unspecified atom stereocenters. The number of piperazine rings is 1. The first-order valence-corrected chi connectivity index (χ1v) is 12.2. The molecule has 8 nitrogen and oxygen atoms in total. The number of carbonyl (C=O) groups is 3. The van der Waals surface area contributed by atoms with Crippen molar-refractivity contribution in [3.8, 4) is 0 Å². The molecule has 6 rings (SSSR count). The van der Waals surface area contributed by atoms with E-state index in [1.165, 1.54) is 11.8 Å². The van der Waals surface area contributed by atoms with Gasteiger partial charge in [0, 0.05) is 49.6 Å². The second-order valence-corrected chi connectivity index (χ2v) is 9.39. The Bertz CT molecular complexity index is 1420. The minimum Gasteiger partial charge on any atom is -0.378 e. The number of hydrogen-bond acceptors (Lipinski definition) is 6. The van der Waals surface area contributed by atoms with E-state index in [1.54, 1.807) is 42.5 Å². The van der Waals surface area contributed by atoms with Crippen molar-refractivity contribution in [3.63, 3.8) is 0 Å². The molecule has 36 heavy (non-hydrogen) atoms. The van der Waals surface area contributed by atoms with Crippen LogP contribution in [0.15, 0.2) is 60.3 Å². The van der Waals surface area contributed by atoms with E-state index in [1.807, 2.05) is 23.1 Å². The second kappa shape index (κ2) is 8.96. The number of allylic oxidation sites excluding steroid dienone is 1. The van der Waals surface area contributed by atoms with E-state index in [-0.39, 0.29) is 23.3 Å². The normalized spacial score (nSPS) is 19.6. The highest BCUT2D eigenvalue weighted by molar-refractivity contribution is 6.26. The van der Waals surface area contributed by atoms with Crippen LogP contribution in [0.2, 0.25) is 0 Å². The monoisotopic (exact) mass is 482 g/mol. The molecule has 2 saturated heterocycles. The third kappa shape index (κ3) is 3.88. The molecule has 0 bridgehead atoms. The average molecular weight is 483 g/mol. The van der Waals surface area contributed by atoms with Gasteiger partial charge in [-0.1, -0.05) is 18.2 Å². The number of benzene rings is 2. The Morgan fingerprint density at radius 1 is 1.00 bits per heavy atom. The largest absolute Gasteiger partial charge is 0.378 e. The zero-order valence-electron chi connectivity index (χ0n) is 20.0. The number of Topliss-reactive ketones (excluding diaryl/α,β-unsaturated/α-hetero) is 1. The molecule has 0 atom stereocenters. The van der Waals surface area contributed by atoms with Gasteiger partial charge in [-0.15, -0.1) is 0 Å². The quantitative estimate of drug-likeness (QED) is 0.534. The van der Waals surface area contributed by atoms with Gasteiger partial charge in [-0.25, -0.2) is 4.98 Å². The Balaban J connectivity index is 1.23. The molecule has 4 heterocycles. The van der Waals surface area contributed by atoms with E-state index < -0.39 is 0 Å². The summed E-state index contributed by atoms with van der Waals surface area (Å²) in [5.74, 6) is -0.405. The summed E-state index contributed by atoms with van der Waals surface area (Å²) in [5, 5.41) is 0.845. The van der Waals surface area contributed by atoms with Crippen molar-refractivity contribution in [3.05, 3.63) is 77.1 Å². The van der Waals surface area contributed by atoms with E-state index in [9.17, 15) is 14.4 Å². The molecule has 0 spiro atoms. The number of hydrogen-bond donors (Lipinski definition) is 0. The van der Waals surface area contributed by atoms with Gasteiger partial charge in [0.25, 0.3) is 5.91 Å². The molecule has 3 aromatic rings. The predicted octanol–water partition coefficient (Wildman–Crippen LogP) is 2.98. The molecule has 0 saturated carbocycles. The lowest BCUT2D eigenvalue weighted by Crippen LogP contribution is -2.57. The zero-order chi connectivity index (χ0) is 24.8. The molecule has 2 fully saturated rings. The van der Waals surface area contributed by atoms with Gasteiger partial charge in [0.1, 0.15) is 0 Å². The molecule has 3 aliphatic heterocycles. The minimum atomic E-state index is -0.231. The number of pyridine rings is 1. The first-order chi connectivity index (χ1) is 17.5. The van der Waals surface area contributed by atoms with Crippen molar-refractivity contribution in [2.45, 2.75) is 13.0 Å². The molecular formula is C28H26N4O4. The Morgan fingerprint density at radius 2 is 1.78 bits per heavy atom. The van der Waals surface area contributed by atoms with Gasteiger partial charge in [0.15, 0.2) is 0 Å². The highest BCUT2D eigenvalue weighted by Gasteiger charge is 2.34. The molecular weight excluding hydrogens is 456 g/mol.